The molecule has 2 N–H and O–H groups in total. The standard InChI is InChI=1S/C17H20N4O2/c22-16(12-21-11-3-1-2-4-17(21)23)19-14-7-5-13(6-8-14)15-9-10-18-20-15/h5-10H,1-4,11-12H2,(H,18,20)(H,19,22). The summed E-state index contributed by atoms with van der Waals surface area (Å²) < 4.78 is 0. The lowest BCUT2D eigenvalue weighted by Crippen LogP contribution is -2.37. The minimum Gasteiger partial charge on any atom is -0.333 e. The number of nitrogens with one attached hydrogen (secondary N) is 2. The molecule has 0 atom stereocenters. The zero-order valence-corrected chi connectivity index (χ0v) is 12.9. The number of carbonyl (C=O) groups is 2. The summed E-state index contributed by atoms with van der Waals surface area (Å²) in [6.45, 7) is 0.798. The average molecular weight is 312 g/mol. The van der Waals surface area contributed by atoms with Gasteiger partial charge in [0.15, 0.2) is 0 Å². The number of H-pyrrole nitrogens is 1. The normalized spacial score (nSPS) is 15.3. The lowest BCUT2D eigenvalue weighted by atomic mass is 10.1. The van der Waals surface area contributed by atoms with Crippen LogP contribution in [0.1, 0.15) is 25.7 Å². The van der Waals surface area contributed by atoms with Crippen molar-refractivity contribution in [2.45, 2.75) is 25.7 Å². The number of aromatic amines is 1. The number of hydrogen-bond donors (Lipinski definition) is 2. The van der Waals surface area contributed by atoms with Gasteiger partial charge in [-0.05, 0) is 36.6 Å². The molecule has 0 bridgehead atoms. The number of hydrogen-bond acceptors (Lipinski definition) is 3. The van der Waals surface area contributed by atoms with E-state index >= 15 is 0 Å². The number of nitrogens with zero attached hydrogens (tertiary/aromatic N) is 2. The molecule has 1 fully saturated rings. The van der Waals surface area contributed by atoms with E-state index in [2.05, 4.69) is 15.5 Å². The van der Waals surface area contributed by atoms with E-state index in [1.54, 1.807) is 11.1 Å². The molecule has 1 saturated heterocycles. The highest BCUT2D eigenvalue weighted by molar-refractivity contribution is 5.94. The second-order valence-electron chi connectivity index (χ2n) is 5.72. The van der Waals surface area contributed by atoms with Crippen molar-refractivity contribution in [1.29, 1.82) is 0 Å². The van der Waals surface area contributed by atoms with E-state index in [0.29, 0.717) is 13.0 Å². The topological polar surface area (TPSA) is 78.1 Å². The third kappa shape index (κ3) is 3.97. The zero-order chi connectivity index (χ0) is 16.1. The maximum Gasteiger partial charge on any atom is 0.243 e. The summed E-state index contributed by atoms with van der Waals surface area (Å²) >= 11 is 0. The van der Waals surface area contributed by atoms with Crippen molar-refractivity contribution in [2.75, 3.05) is 18.4 Å². The van der Waals surface area contributed by atoms with Crippen LogP contribution in [0.15, 0.2) is 36.5 Å². The molecule has 0 aliphatic carbocycles. The summed E-state index contributed by atoms with van der Waals surface area (Å²) in [5.74, 6) is -0.0817. The van der Waals surface area contributed by atoms with Gasteiger partial charge in [-0.25, -0.2) is 0 Å². The van der Waals surface area contributed by atoms with Crippen molar-refractivity contribution >= 4 is 17.5 Å². The molecule has 6 nitrogen and oxygen atoms in total. The molecule has 23 heavy (non-hydrogen) atoms. The predicted molar refractivity (Wildman–Crippen MR) is 87.7 cm³/mol. The van der Waals surface area contributed by atoms with Gasteiger partial charge in [0.05, 0.1) is 12.2 Å². The van der Waals surface area contributed by atoms with E-state index < -0.39 is 0 Å². The zero-order valence-electron chi connectivity index (χ0n) is 12.9. The first kappa shape index (κ1) is 15.3. The number of likely N-dealkylation sites (tertiary alicyclic amines) is 1. The molecule has 1 aliphatic rings. The first-order chi connectivity index (χ1) is 11.2. The van der Waals surface area contributed by atoms with Gasteiger partial charge in [-0.1, -0.05) is 18.6 Å². The van der Waals surface area contributed by atoms with Crippen LogP contribution in [0.2, 0.25) is 0 Å². The Labute approximate surface area is 134 Å². The Morgan fingerprint density at radius 3 is 2.74 bits per heavy atom. The minimum absolute atomic E-state index is 0.0762. The third-order valence-electron chi connectivity index (χ3n) is 3.99. The van der Waals surface area contributed by atoms with Crippen molar-refractivity contribution in [3.05, 3.63) is 36.5 Å². The quantitative estimate of drug-likeness (QED) is 0.910. The summed E-state index contributed by atoms with van der Waals surface area (Å²) in [5.41, 5.74) is 2.65. The highest BCUT2D eigenvalue weighted by Gasteiger charge is 2.19. The second-order valence-corrected chi connectivity index (χ2v) is 5.72. The average Bonchev–Trinajstić information content (AvgIpc) is 3.01. The summed E-state index contributed by atoms with van der Waals surface area (Å²) in [6.07, 6.45) is 5.19. The molecule has 2 amide bonds. The van der Waals surface area contributed by atoms with Gasteiger partial charge in [-0.15, -0.1) is 0 Å². The van der Waals surface area contributed by atoms with Crippen molar-refractivity contribution in [2.24, 2.45) is 0 Å². The minimum atomic E-state index is -0.158. The molecule has 1 aliphatic heterocycles. The maximum absolute atomic E-state index is 12.1. The summed E-state index contributed by atoms with van der Waals surface area (Å²) in [7, 11) is 0. The van der Waals surface area contributed by atoms with Crippen molar-refractivity contribution in [3.63, 3.8) is 0 Å². The van der Waals surface area contributed by atoms with E-state index in [-0.39, 0.29) is 18.4 Å². The van der Waals surface area contributed by atoms with E-state index in [0.717, 1.165) is 36.2 Å². The summed E-state index contributed by atoms with van der Waals surface area (Å²) in [5, 5.41) is 9.66. The van der Waals surface area contributed by atoms with Gasteiger partial charge < -0.3 is 10.2 Å². The lowest BCUT2D eigenvalue weighted by Gasteiger charge is -2.19. The van der Waals surface area contributed by atoms with Crippen LogP contribution in [-0.4, -0.2) is 40.0 Å². The largest absolute Gasteiger partial charge is 0.333 e. The van der Waals surface area contributed by atoms with Gasteiger partial charge in [0, 0.05) is 24.8 Å². The molecule has 120 valence electrons. The molecule has 1 aromatic heterocycles. The van der Waals surface area contributed by atoms with Gasteiger partial charge in [0.25, 0.3) is 0 Å². The maximum atomic E-state index is 12.1. The molecule has 6 heteroatoms. The number of benzene rings is 1. The van der Waals surface area contributed by atoms with Gasteiger partial charge in [-0.2, -0.15) is 5.10 Å². The number of anilines is 1. The van der Waals surface area contributed by atoms with Gasteiger partial charge in [0.2, 0.25) is 11.8 Å². The van der Waals surface area contributed by atoms with Crippen LogP contribution >= 0.6 is 0 Å². The Balaban J connectivity index is 1.58. The molecule has 2 heterocycles. The SMILES string of the molecule is O=C(CN1CCCCCC1=O)Nc1ccc(-c2ccn[nH]2)cc1. The molecular weight excluding hydrogens is 292 g/mol. The van der Waals surface area contributed by atoms with Gasteiger partial charge >= 0.3 is 0 Å². The molecule has 3 rings (SSSR count). The van der Waals surface area contributed by atoms with Gasteiger partial charge in [0.1, 0.15) is 0 Å². The number of aromatic nitrogens is 2. The van der Waals surface area contributed by atoms with Crippen molar-refractivity contribution in [3.8, 4) is 11.3 Å². The van der Waals surface area contributed by atoms with E-state index in [9.17, 15) is 9.59 Å². The highest BCUT2D eigenvalue weighted by Crippen LogP contribution is 2.19. The molecule has 0 saturated carbocycles. The number of carbonyl (C=O) groups excluding carboxylic acids is 2. The molecule has 1 aromatic carbocycles. The Morgan fingerprint density at radius 2 is 2.00 bits per heavy atom. The number of rotatable bonds is 4. The van der Waals surface area contributed by atoms with Gasteiger partial charge in [-0.3, -0.25) is 14.7 Å². The van der Waals surface area contributed by atoms with E-state index in [1.165, 1.54) is 0 Å². The van der Waals surface area contributed by atoms with Crippen LogP contribution in [0.4, 0.5) is 5.69 Å². The lowest BCUT2D eigenvalue weighted by molar-refractivity contribution is -0.134. The van der Waals surface area contributed by atoms with Crippen LogP contribution in [0.25, 0.3) is 11.3 Å². The second kappa shape index (κ2) is 7.09. The third-order valence-corrected chi connectivity index (χ3v) is 3.99. The smallest absolute Gasteiger partial charge is 0.243 e. The molecule has 0 spiro atoms. The molecule has 2 aromatic rings. The van der Waals surface area contributed by atoms with Crippen LogP contribution < -0.4 is 5.32 Å². The number of amides is 2. The fourth-order valence-corrected chi connectivity index (χ4v) is 2.73. The van der Waals surface area contributed by atoms with E-state index in [1.807, 2.05) is 30.3 Å². The van der Waals surface area contributed by atoms with Crippen LogP contribution in [-0.2, 0) is 9.59 Å². The van der Waals surface area contributed by atoms with Crippen molar-refractivity contribution < 1.29 is 9.59 Å². The molecular formula is C17H20N4O2. The summed E-state index contributed by atoms with van der Waals surface area (Å²) in [4.78, 5) is 25.7. The fourth-order valence-electron chi connectivity index (χ4n) is 2.73. The first-order valence-electron chi connectivity index (χ1n) is 7.90. The highest BCUT2D eigenvalue weighted by atomic mass is 16.2. The Hall–Kier alpha value is -2.63. The Morgan fingerprint density at radius 1 is 1.17 bits per heavy atom. The molecule has 0 unspecified atom stereocenters. The molecule has 0 radical (unpaired) electrons. The summed E-state index contributed by atoms with van der Waals surface area (Å²) in [6, 6.07) is 9.41. The Kier molecular flexibility index (Phi) is 4.71. The fraction of sp³-hybridized carbons (Fsp3) is 0.353. The van der Waals surface area contributed by atoms with Crippen LogP contribution in [0.5, 0.6) is 0 Å². The van der Waals surface area contributed by atoms with Crippen LogP contribution in [0.3, 0.4) is 0 Å². The predicted octanol–water partition coefficient (Wildman–Crippen LogP) is 2.42. The van der Waals surface area contributed by atoms with E-state index in [4.69, 9.17) is 0 Å². The monoisotopic (exact) mass is 312 g/mol. The first-order valence-corrected chi connectivity index (χ1v) is 7.90. The van der Waals surface area contributed by atoms with Crippen LogP contribution in [0, 0.1) is 0 Å². The van der Waals surface area contributed by atoms with Crippen molar-refractivity contribution in [1.82, 2.24) is 15.1 Å². The Bertz CT molecular complexity index is 664.